The van der Waals surface area contributed by atoms with Crippen molar-refractivity contribution in [3.63, 3.8) is 0 Å². The number of nitrogens with zero attached hydrogens (tertiary/aromatic N) is 1. The van der Waals surface area contributed by atoms with E-state index in [1.165, 1.54) is 0 Å². The van der Waals surface area contributed by atoms with Crippen LogP contribution in [0.2, 0.25) is 0 Å². The second-order valence-electron chi connectivity index (χ2n) is 3.87. The van der Waals surface area contributed by atoms with Gasteiger partial charge in [0.1, 0.15) is 6.61 Å². The van der Waals surface area contributed by atoms with Gasteiger partial charge in [-0.15, -0.1) is 0 Å². The molecule has 1 aromatic carbocycles. The first-order valence-corrected chi connectivity index (χ1v) is 5.55. The molecule has 0 aliphatic carbocycles. The van der Waals surface area contributed by atoms with Gasteiger partial charge in [-0.25, -0.2) is 0 Å². The number of carbonyl (C=O) groups excluding carboxylic acids is 1. The minimum Gasteiger partial charge on any atom is -0.384 e. The number of hydrogen-bond donors (Lipinski definition) is 1. The summed E-state index contributed by atoms with van der Waals surface area (Å²) in [5, 5.41) is 8.65. The largest absolute Gasteiger partial charge is 0.384 e. The van der Waals surface area contributed by atoms with Gasteiger partial charge >= 0.3 is 0 Å². The summed E-state index contributed by atoms with van der Waals surface area (Å²) >= 11 is 0. The molecule has 0 unspecified atom stereocenters. The molecular formula is C14H17NO2. The van der Waals surface area contributed by atoms with Crippen LogP contribution in [0.25, 0.3) is 0 Å². The van der Waals surface area contributed by atoms with Crippen LogP contribution in [-0.4, -0.2) is 36.1 Å². The molecule has 0 fully saturated rings. The van der Waals surface area contributed by atoms with Crippen LogP contribution in [0, 0.1) is 18.8 Å². The molecule has 0 radical (unpaired) electrons. The van der Waals surface area contributed by atoms with Gasteiger partial charge in [-0.2, -0.15) is 0 Å². The highest BCUT2D eigenvalue weighted by Gasteiger charge is 2.10. The molecule has 0 aliphatic heterocycles. The van der Waals surface area contributed by atoms with E-state index in [0.717, 1.165) is 11.1 Å². The number of hydrogen-bond acceptors (Lipinski definition) is 2. The Morgan fingerprint density at radius 1 is 1.41 bits per heavy atom. The SMILES string of the molecule is CCN(C)C(=O)c1cc(C)cc(C#CCO)c1. The van der Waals surface area contributed by atoms with E-state index >= 15 is 0 Å². The van der Waals surface area contributed by atoms with Gasteiger partial charge in [-0.1, -0.05) is 11.8 Å². The monoisotopic (exact) mass is 231 g/mol. The van der Waals surface area contributed by atoms with Crippen LogP contribution in [0.15, 0.2) is 18.2 Å². The van der Waals surface area contributed by atoms with E-state index < -0.39 is 0 Å². The van der Waals surface area contributed by atoms with Gasteiger partial charge in [0, 0.05) is 24.7 Å². The van der Waals surface area contributed by atoms with Gasteiger partial charge in [0.25, 0.3) is 5.91 Å². The lowest BCUT2D eigenvalue weighted by Crippen LogP contribution is -2.26. The van der Waals surface area contributed by atoms with Crippen molar-refractivity contribution in [2.45, 2.75) is 13.8 Å². The van der Waals surface area contributed by atoms with Gasteiger partial charge < -0.3 is 10.0 Å². The first-order chi connectivity index (χ1) is 8.08. The predicted octanol–water partition coefficient (Wildman–Crippen LogP) is 1.43. The standard InChI is InChI=1S/C14H17NO2/c1-4-15(3)14(17)13-9-11(2)8-12(10-13)6-5-7-16/h8-10,16H,4,7H2,1-3H3. The fraction of sp³-hybridized carbons (Fsp3) is 0.357. The summed E-state index contributed by atoms with van der Waals surface area (Å²) in [5.41, 5.74) is 2.38. The lowest BCUT2D eigenvalue weighted by atomic mass is 10.1. The second-order valence-corrected chi connectivity index (χ2v) is 3.87. The smallest absolute Gasteiger partial charge is 0.253 e. The molecule has 1 rings (SSSR count). The molecule has 17 heavy (non-hydrogen) atoms. The summed E-state index contributed by atoms with van der Waals surface area (Å²) in [6.45, 7) is 4.35. The lowest BCUT2D eigenvalue weighted by Gasteiger charge is -2.14. The van der Waals surface area contributed by atoms with Crippen molar-refractivity contribution in [1.29, 1.82) is 0 Å². The molecule has 0 aromatic heterocycles. The van der Waals surface area contributed by atoms with E-state index in [4.69, 9.17) is 5.11 Å². The summed E-state index contributed by atoms with van der Waals surface area (Å²) in [6, 6.07) is 5.49. The molecule has 3 heteroatoms. The second kappa shape index (κ2) is 6.07. The van der Waals surface area contributed by atoms with E-state index in [-0.39, 0.29) is 12.5 Å². The lowest BCUT2D eigenvalue weighted by molar-refractivity contribution is 0.0802. The average Bonchev–Trinajstić information content (AvgIpc) is 2.33. The molecule has 0 bridgehead atoms. The third kappa shape index (κ3) is 3.61. The van der Waals surface area contributed by atoms with Crippen molar-refractivity contribution in [2.24, 2.45) is 0 Å². The Balaban J connectivity index is 3.09. The number of benzene rings is 1. The highest BCUT2D eigenvalue weighted by molar-refractivity contribution is 5.94. The van der Waals surface area contributed by atoms with Crippen molar-refractivity contribution >= 4 is 5.91 Å². The van der Waals surface area contributed by atoms with E-state index in [0.29, 0.717) is 12.1 Å². The molecule has 3 nitrogen and oxygen atoms in total. The molecule has 0 atom stereocenters. The fourth-order valence-electron chi connectivity index (χ4n) is 1.48. The van der Waals surface area contributed by atoms with Gasteiger partial charge in [0.15, 0.2) is 0 Å². The van der Waals surface area contributed by atoms with Gasteiger partial charge in [0.2, 0.25) is 0 Å². The molecule has 0 saturated carbocycles. The van der Waals surface area contributed by atoms with E-state index in [2.05, 4.69) is 11.8 Å². The molecule has 90 valence electrons. The first kappa shape index (κ1) is 13.3. The zero-order valence-electron chi connectivity index (χ0n) is 10.4. The summed E-state index contributed by atoms with van der Waals surface area (Å²) in [6.07, 6.45) is 0. The topological polar surface area (TPSA) is 40.5 Å². The van der Waals surface area contributed by atoms with Crippen LogP contribution in [0.1, 0.15) is 28.4 Å². The summed E-state index contributed by atoms with van der Waals surface area (Å²) in [7, 11) is 1.77. The van der Waals surface area contributed by atoms with E-state index in [1.54, 1.807) is 18.0 Å². The molecular weight excluding hydrogens is 214 g/mol. The zero-order chi connectivity index (χ0) is 12.8. The van der Waals surface area contributed by atoms with E-state index in [9.17, 15) is 4.79 Å². The zero-order valence-corrected chi connectivity index (χ0v) is 10.4. The molecule has 0 saturated heterocycles. The normalized spacial score (nSPS) is 9.41. The summed E-state index contributed by atoms with van der Waals surface area (Å²) in [4.78, 5) is 13.6. The average molecular weight is 231 g/mol. The fourth-order valence-corrected chi connectivity index (χ4v) is 1.48. The van der Waals surface area contributed by atoms with Crippen LogP contribution in [0.5, 0.6) is 0 Å². The first-order valence-electron chi connectivity index (χ1n) is 5.55. The third-order valence-electron chi connectivity index (χ3n) is 2.46. The molecule has 1 N–H and O–H groups in total. The Bertz CT molecular complexity index is 469. The third-order valence-corrected chi connectivity index (χ3v) is 2.46. The molecule has 0 spiro atoms. The van der Waals surface area contributed by atoms with Crippen LogP contribution >= 0.6 is 0 Å². The van der Waals surface area contributed by atoms with Crippen molar-refractivity contribution in [1.82, 2.24) is 4.90 Å². The molecule has 1 aromatic rings. The Hall–Kier alpha value is -1.79. The van der Waals surface area contributed by atoms with Crippen molar-refractivity contribution in [3.8, 4) is 11.8 Å². The van der Waals surface area contributed by atoms with Gasteiger partial charge in [-0.3, -0.25) is 4.79 Å². The predicted molar refractivity (Wildman–Crippen MR) is 67.8 cm³/mol. The number of aliphatic hydroxyl groups is 1. The summed E-state index contributed by atoms with van der Waals surface area (Å²) in [5.74, 6) is 5.39. The van der Waals surface area contributed by atoms with Crippen LogP contribution in [0.4, 0.5) is 0 Å². The maximum Gasteiger partial charge on any atom is 0.253 e. The quantitative estimate of drug-likeness (QED) is 0.782. The molecule has 0 aliphatic rings. The van der Waals surface area contributed by atoms with Crippen molar-refractivity contribution in [3.05, 3.63) is 34.9 Å². The molecule has 1 amide bonds. The summed E-state index contributed by atoms with van der Waals surface area (Å²) < 4.78 is 0. The Labute approximate surface area is 102 Å². The highest BCUT2D eigenvalue weighted by Crippen LogP contribution is 2.11. The highest BCUT2D eigenvalue weighted by atomic mass is 16.2. The minimum atomic E-state index is -0.175. The number of aliphatic hydroxyl groups excluding tert-OH is 1. The van der Waals surface area contributed by atoms with Crippen molar-refractivity contribution in [2.75, 3.05) is 20.2 Å². The Kier molecular flexibility index (Phi) is 4.74. The maximum absolute atomic E-state index is 12.0. The Morgan fingerprint density at radius 2 is 2.12 bits per heavy atom. The van der Waals surface area contributed by atoms with Gasteiger partial charge in [-0.05, 0) is 37.6 Å². The van der Waals surface area contributed by atoms with Crippen LogP contribution < -0.4 is 0 Å². The number of rotatable bonds is 2. The Morgan fingerprint density at radius 3 is 2.71 bits per heavy atom. The number of amides is 1. The number of carbonyl (C=O) groups is 1. The van der Waals surface area contributed by atoms with E-state index in [1.807, 2.05) is 26.0 Å². The maximum atomic E-state index is 12.0. The van der Waals surface area contributed by atoms with Crippen LogP contribution in [-0.2, 0) is 0 Å². The van der Waals surface area contributed by atoms with Gasteiger partial charge in [0.05, 0.1) is 0 Å². The molecule has 0 heterocycles. The van der Waals surface area contributed by atoms with Crippen LogP contribution in [0.3, 0.4) is 0 Å². The number of aryl methyl sites for hydroxylation is 1. The van der Waals surface area contributed by atoms with Crippen molar-refractivity contribution < 1.29 is 9.90 Å². The minimum absolute atomic E-state index is 0.0109.